The van der Waals surface area contributed by atoms with Gasteiger partial charge in [-0.2, -0.15) is 13.2 Å². The minimum Gasteiger partial charge on any atom is -0.351 e. The Balaban J connectivity index is 1.46. The fraction of sp³-hybridized carbons (Fsp3) is 0.407. The molecule has 0 spiro atoms. The molecule has 0 bridgehead atoms. The first-order valence-electron chi connectivity index (χ1n) is 12.2. The molecule has 2 N–H and O–H groups in total. The van der Waals surface area contributed by atoms with Crippen LogP contribution in [0.1, 0.15) is 72.3 Å². The number of hydrogen-bond acceptors (Lipinski definition) is 2. The first-order valence-corrected chi connectivity index (χ1v) is 14.1. The van der Waals surface area contributed by atoms with E-state index in [2.05, 4.69) is 26.6 Å². The van der Waals surface area contributed by atoms with Gasteiger partial charge in [0, 0.05) is 10.5 Å². The quantitative estimate of drug-likeness (QED) is 0.295. The SMILES string of the molecule is O=C(NC1(C(=O)NC2CCCCC2)CC1)c1ccc(C=CC(c2cc(Cl)c(Cl)c(Cl)c2)C(F)(F)F)cc1Br. The number of allylic oxidation sites excluding steroid dienone is 1. The van der Waals surface area contributed by atoms with Crippen molar-refractivity contribution in [3.63, 3.8) is 0 Å². The Labute approximate surface area is 242 Å². The maximum Gasteiger partial charge on any atom is 0.399 e. The van der Waals surface area contributed by atoms with Gasteiger partial charge in [-0.05, 0) is 77.0 Å². The first kappa shape index (κ1) is 29.2. The van der Waals surface area contributed by atoms with Crippen molar-refractivity contribution in [2.75, 3.05) is 0 Å². The zero-order chi connectivity index (χ0) is 27.7. The zero-order valence-electron chi connectivity index (χ0n) is 20.1. The number of carbonyl (C=O) groups excluding carboxylic acids is 2. The lowest BCUT2D eigenvalue weighted by Crippen LogP contribution is -2.52. The van der Waals surface area contributed by atoms with Crippen molar-refractivity contribution in [3.05, 3.63) is 72.6 Å². The van der Waals surface area contributed by atoms with Gasteiger partial charge in [-0.1, -0.05) is 72.3 Å². The van der Waals surface area contributed by atoms with E-state index in [4.69, 9.17) is 34.8 Å². The van der Waals surface area contributed by atoms with Crippen LogP contribution < -0.4 is 10.6 Å². The molecule has 4 rings (SSSR count). The molecule has 0 aromatic heterocycles. The molecule has 2 fully saturated rings. The van der Waals surface area contributed by atoms with Crippen LogP contribution in [0.3, 0.4) is 0 Å². The maximum atomic E-state index is 13.8. The average molecular weight is 653 g/mol. The summed E-state index contributed by atoms with van der Waals surface area (Å²) in [5, 5.41) is 5.77. The topological polar surface area (TPSA) is 58.2 Å². The van der Waals surface area contributed by atoms with Gasteiger partial charge in [-0.25, -0.2) is 0 Å². The maximum absolute atomic E-state index is 13.8. The van der Waals surface area contributed by atoms with E-state index in [0.29, 0.717) is 22.9 Å². The monoisotopic (exact) mass is 650 g/mol. The number of rotatable bonds is 7. The second kappa shape index (κ2) is 11.8. The third-order valence-corrected chi connectivity index (χ3v) is 8.77. The van der Waals surface area contributed by atoms with E-state index in [9.17, 15) is 22.8 Å². The van der Waals surface area contributed by atoms with Gasteiger partial charge in [0.25, 0.3) is 5.91 Å². The first-order chi connectivity index (χ1) is 17.9. The number of nitrogens with one attached hydrogen (secondary N) is 2. The van der Waals surface area contributed by atoms with Gasteiger partial charge >= 0.3 is 6.18 Å². The van der Waals surface area contributed by atoms with Crippen molar-refractivity contribution < 1.29 is 22.8 Å². The number of halogens is 7. The summed E-state index contributed by atoms with van der Waals surface area (Å²) in [4.78, 5) is 25.8. The molecule has 1 atom stereocenters. The summed E-state index contributed by atoms with van der Waals surface area (Å²) in [5.74, 6) is -2.56. The van der Waals surface area contributed by atoms with E-state index >= 15 is 0 Å². The van der Waals surface area contributed by atoms with Crippen molar-refractivity contribution in [3.8, 4) is 0 Å². The lowest BCUT2D eigenvalue weighted by atomic mass is 9.95. The Morgan fingerprint density at radius 3 is 2.21 bits per heavy atom. The van der Waals surface area contributed by atoms with Crippen molar-refractivity contribution >= 4 is 68.6 Å². The van der Waals surface area contributed by atoms with Crippen LogP contribution in [-0.4, -0.2) is 29.6 Å². The molecule has 2 aliphatic carbocycles. The Hall–Kier alpha value is -1.74. The van der Waals surface area contributed by atoms with Gasteiger partial charge < -0.3 is 10.6 Å². The summed E-state index contributed by atoms with van der Waals surface area (Å²) in [7, 11) is 0. The zero-order valence-corrected chi connectivity index (χ0v) is 24.0. The molecule has 2 aromatic carbocycles. The summed E-state index contributed by atoms with van der Waals surface area (Å²) in [6, 6.07) is 7.01. The molecule has 0 saturated heterocycles. The minimum atomic E-state index is -4.61. The van der Waals surface area contributed by atoms with Crippen LogP contribution in [0.2, 0.25) is 15.1 Å². The van der Waals surface area contributed by atoms with Gasteiger partial charge in [-0.15, -0.1) is 0 Å². The molecule has 2 aromatic rings. The fourth-order valence-electron chi connectivity index (χ4n) is 4.58. The van der Waals surface area contributed by atoms with Gasteiger partial charge in [0.1, 0.15) is 5.54 Å². The van der Waals surface area contributed by atoms with Crippen molar-refractivity contribution in [1.29, 1.82) is 0 Å². The van der Waals surface area contributed by atoms with Crippen molar-refractivity contribution in [2.24, 2.45) is 0 Å². The molecule has 0 aliphatic heterocycles. The van der Waals surface area contributed by atoms with Crippen LogP contribution in [-0.2, 0) is 4.79 Å². The third-order valence-electron chi connectivity index (χ3n) is 6.91. The smallest absolute Gasteiger partial charge is 0.351 e. The highest BCUT2D eigenvalue weighted by Gasteiger charge is 2.51. The van der Waals surface area contributed by atoms with E-state index in [1.54, 1.807) is 6.07 Å². The summed E-state index contributed by atoms with van der Waals surface area (Å²) in [6.07, 6.45) is 4.06. The Bertz CT molecular complexity index is 1240. The van der Waals surface area contributed by atoms with Crippen LogP contribution in [0, 0.1) is 0 Å². The largest absolute Gasteiger partial charge is 0.399 e. The Morgan fingerprint density at radius 1 is 1.03 bits per heavy atom. The summed E-state index contributed by atoms with van der Waals surface area (Å²) >= 11 is 21.1. The predicted octanol–water partition coefficient (Wildman–Crippen LogP) is 8.48. The minimum absolute atomic E-state index is 0.0146. The van der Waals surface area contributed by atoms with Crippen LogP contribution >= 0.6 is 50.7 Å². The molecule has 0 heterocycles. The van der Waals surface area contributed by atoms with Crippen LogP contribution in [0.4, 0.5) is 13.2 Å². The number of amides is 2. The van der Waals surface area contributed by atoms with Gasteiger partial charge in [0.05, 0.1) is 26.5 Å². The van der Waals surface area contributed by atoms with Crippen molar-refractivity contribution in [2.45, 2.75) is 68.6 Å². The highest BCUT2D eigenvalue weighted by Crippen LogP contribution is 2.41. The standard InChI is InChI=1S/C27H25BrCl3F3N2O2/c28-20-12-15(7-9-19(27(32,33)34)16-13-21(29)23(31)22(30)14-16)6-8-18(20)24(37)36-26(10-11-26)25(38)35-17-4-2-1-3-5-17/h6-9,12-14,17,19H,1-5,10-11H2,(H,35,38)(H,36,37). The van der Waals surface area contributed by atoms with E-state index in [1.165, 1.54) is 24.6 Å². The van der Waals surface area contributed by atoms with E-state index in [0.717, 1.165) is 43.9 Å². The molecule has 1 unspecified atom stereocenters. The summed E-state index contributed by atoms with van der Waals surface area (Å²) < 4.78 is 41.9. The molecule has 11 heteroatoms. The van der Waals surface area contributed by atoms with Crippen LogP contribution in [0.5, 0.6) is 0 Å². The fourth-order valence-corrected chi connectivity index (χ4v) is 5.77. The molecule has 4 nitrogen and oxygen atoms in total. The Morgan fingerprint density at radius 2 is 1.66 bits per heavy atom. The number of hydrogen-bond donors (Lipinski definition) is 2. The number of alkyl halides is 3. The summed E-state index contributed by atoms with van der Waals surface area (Å²) in [6.45, 7) is 0. The van der Waals surface area contributed by atoms with Gasteiger partial charge in [0.2, 0.25) is 5.91 Å². The van der Waals surface area contributed by atoms with E-state index in [-0.39, 0.29) is 38.1 Å². The van der Waals surface area contributed by atoms with E-state index < -0.39 is 23.5 Å². The number of benzene rings is 2. The molecule has 38 heavy (non-hydrogen) atoms. The van der Waals surface area contributed by atoms with Crippen molar-refractivity contribution in [1.82, 2.24) is 10.6 Å². The molecular weight excluding hydrogens is 628 g/mol. The molecule has 204 valence electrons. The third kappa shape index (κ3) is 6.87. The predicted molar refractivity (Wildman–Crippen MR) is 148 cm³/mol. The molecule has 2 amide bonds. The lowest BCUT2D eigenvalue weighted by Gasteiger charge is -2.26. The molecular formula is C27H25BrCl3F3N2O2. The highest BCUT2D eigenvalue weighted by atomic mass is 79.9. The summed E-state index contributed by atoms with van der Waals surface area (Å²) in [5.41, 5.74) is -0.342. The van der Waals surface area contributed by atoms with E-state index in [1.807, 2.05) is 0 Å². The second-order valence-electron chi connectivity index (χ2n) is 9.76. The van der Waals surface area contributed by atoms with Gasteiger partial charge in [-0.3, -0.25) is 9.59 Å². The number of carbonyl (C=O) groups is 2. The highest BCUT2D eigenvalue weighted by molar-refractivity contribution is 9.10. The van der Waals surface area contributed by atoms with Crippen LogP contribution in [0.25, 0.3) is 6.08 Å². The molecule has 2 aliphatic rings. The molecule has 0 radical (unpaired) electrons. The molecule has 2 saturated carbocycles. The van der Waals surface area contributed by atoms with Crippen LogP contribution in [0.15, 0.2) is 40.9 Å². The second-order valence-corrected chi connectivity index (χ2v) is 11.8. The van der Waals surface area contributed by atoms with Gasteiger partial charge in [0.15, 0.2) is 0 Å². The average Bonchev–Trinajstić information content (AvgIpc) is 3.63. The normalized spacial score (nSPS) is 18.3. The lowest BCUT2D eigenvalue weighted by molar-refractivity contribution is -0.139. The Kier molecular flexibility index (Phi) is 9.07.